The summed E-state index contributed by atoms with van der Waals surface area (Å²) in [4.78, 5) is 37.0. The Bertz CT molecular complexity index is 738. The van der Waals surface area contributed by atoms with Gasteiger partial charge in [-0.2, -0.15) is 0 Å². The maximum absolute atomic E-state index is 13.2. The van der Waals surface area contributed by atoms with E-state index in [1.807, 2.05) is 0 Å². The maximum atomic E-state index is 13.2. The summed E-state index contributed by atoms with van der Waals surface area (Å²) in [6.07, 6.45) is 0.517. The molecule has 3 rings (SSSR count). The van der Waals surface area contributed by atoms with E-state index >= 15 is 0 Å². The number of hydrogen-bond acceptors (Lipinski definition) is 4. The van der Waals surface area contributed by atoms with Crippen LogP contribution in [-0.4, -0.2) is 24.8 Å². The van der Waals surface area contributed by atoms with Crippen LogP contribution in [0.4, 0.5) is 4.39 Å². The van der Waals surface area contributed by atoms with Gasteiger partial charge in [-0.1, -0.05) is 19.1 Å². The van der Waals surface area contributed by atoms with Crippen LogP contribution in [0.5, 0.6) is 0 Å². The van der Waals surface area contributed by atoms with Crippen molar-refractivity contribution in [1.82, 2.24) is 5.32 Å². The second-order valence-electron chi connectivity index (χ2n) is 6.30. The molecule has 1 N–H and O–H groups in total. The molecule has 0 saturated carbocycles. The molecule has 1 aromatic rings. The van der Waals surface area contributed by atoms with E-state index in [0.717, 1.165) is 0 Å². The highest BCUT2D eigenvalue weighted by atomic mass is 19.1. The molecule has 5 nitrogen and oxygen atoms in total. The predicted molar refractivity (Wildman–Crippen MR) is 83.2 cm³/mol. The number of rotatable bonds is 2. The van der Waals surface area contributed by atoms with E-state index in [1.165, 1.54) is 19.2 Å². The summed E-state index contributed by atoms with van der Waals surface area (Å²) in [7, 11) is 1.26. The Morgan fingerprint density at radius 3 is 2.50 bits per heavy atom. The molecule has 1 heterocycles. The van der Waals surface area contributed by atoms with Gasteiger partial charge < -0.3 is 10.1 Å². The van der Waals surface area contributed by atoms with Gasteiger partial charge in [-0.15, -0.1) is 0 Å². The normalized spacial score (nSPS) is 26.7. The predicted octanol–water partition coefficient (Wildman–Crippen LogP) is 2.08. The average molecular weight is 331 g/mol. The molecule has 1 aliphatic carbocycles. The number of ketones is 1. The molecule has 0 spiro atoms. The van der Waals surface area contributed by atoms with E-state index in [0.29, 0.717) is 23.3 Å². The first-order chi connectivity index (χ1) is 11.4. The fourth-order valence-corrected chi connectivity index (χ4v) is 3.58. The SMILES string of the molecule is COC(=O)[C@H]1C(=O)C2=C(C[C@@H]1C)NC(=O)C[C@@H]2c1ccc(F)cc1. The topological polar surface area (TPSA) is 72.5 Å². The molecular weight excluding hydrogens is 313 g/mol. The van der Waals surface area contributed by atoms with E-state index in [2.05, 4.69) is 5.32 Å². The van der Waals surface area contributed by atoms with Gasteiger partial charge in [-0.05, 0) is 30.0 Å². The summed E-state index contributed by atoms with van der Waals surface area (Å²) in [6, 6.07) is 5.74. The van der Waals surface area contributed by atoms with Gasteiger partial charge in [0.2, 0.25) is 5.91 Å². The van der Waals surface area contributed by atoms with Gasteiger partial charge in [0.1, 0.15) is 11.7 Å². The van der Waals surface area contributed by atoms with E-state index in [-0.39, 0.29) is 29.8 Å². The number of Topliss-reactive ketones (excluding diaryl/α,β-unsaturated/α-hetero) is 1. The summed E-state index contributed by atoms with van der Waals surface area (Å²) in [6.45, 7) is 1.79. The van der Waals surface area contributed by atoms with Crippen LogP contribution >= 0.6 is 0 Å². The highest BCUT2D eigenvalue weighted by Crippen LogP contribution is 2.42. The number of amides is 1. The summed E-state index contributed by atoms with van der Waals surface area (Å²) < 4.78 is 18.0. The Kier molecular flexibility index (Phi) is 4.22. The Morgan fingerprint density at radius 1 is 1.21 bits per heavy atom. The molecule has 1 amide bonds. The zero-order valence-corrected chi connectivity index (χ0v) is 13.5. The lowest BCUT2D eigenvalue weighted by Gasteiger charge is -2.36. The molecule has 0 saturated heterocycles. The molecule has 0 bridgehead atoms. The molecular formula is C18H18FNO4. The van der Waals surface area contributed by atoms with E-state index in [1.54, 1.807) is 19.1 Å². The van der Waals surface area contributed by atoms with Crippen molar-refractivity contribution in [2.75, 3.05) is 7.11 Å². The smallest absolute Gasteiger partial charge is 0.316 e. The molecule has 6 heteroatoms. The number of benzene rings is 1. The van der Waals surface area contributed by atoms with Crippen molar-refractivity contribution < 1.29 is 23.5 Å². The molecule has 126 valence electrons. The third-order valence-corrected chi connectivity index (χ3v) is 4.72. The van der Waals surface area contributed by atoms with Crippen molar-refractivity contribution in [2.45, 2.75) is 25.7 Å². The minimum absolute atomic E-state index is 0.0957. The number of hydrogen-bond donors (Lipinski definition) is 1. The molecule has 2 aliphatic rings. The number of allylic oxidation sites excluding steroid dienone is 2. The molecule has 0 unspecified atom stereocenters. The first-order valence-electron chi connectivity index (χ1n) is 7.82. The van der Waals surface area contributed by atoms with E-state index in [9.17, 15) is 18.8 Å². The average Bonchev–Trinajstić information content (AvgIpc) is 2.54. The van der Waals surface area contributed by atoms with Crippen molar-refractivity contribution in [3.8, 4) is 0 Å². The van der Waals surface area contributed by atoms with Crippen LogP contribution in [0, 0.1) is 17.7 Å². The van der Waals surface area contributed by atoms with Crippen molar-refractivity contribution >= 4 is 17.7 Å². The molecule has 1 aromatic carbocycles. The van der Waals surface area contributed by atoms with Crippen LogP contribution in [0.15, 0.2) is 35.5 Å². The zero-order valence-electron chi connectivity index (χ0n) is 13.5. The first kappa shape index (κ1) is 16.4. The number of carbonyl (C=O) groups is 3. The van der Waals surface area contributed by atoms with Gasteiger partial charge in [0.15, 0.2) is 5.78 Å². The standard InChI is InChI=1S/C18H18FNO4/c1-9-7-13-16(17(22)15(9)18(23)24-2)12(8-14(21)20-13)10-3-5-11(19)6-4-10/h3-6,9,12,15H,7-8H2,1-2H3,(H,20,21)/t9-,12+,15+/m0/s1. The largest absolute Gasteiger partial charge is 0.468 e. The Balaban J connectivity index is 2.06. The Labute approximate surface area is 138 Å². The van der Waals surface area contributed by atoms with E-state index < -0.39 is 17.8 Å². The number of methoxy groups -OCH3 is 1. The van der Waals surface area contributed by atoms with Crippen molar-refractivity contribution in [3.05, 3.63) is 46.9 Å². The van der Waals surface area contributed by atoms with E-state index in [4.69, 9.17) is 4.74 Å². The second-order valence-corrected chi connectivity index (χ2v) is 6.30. The van der Waals surface area contributed by atoms with Crippen molar-refractivity contribution in [1.29, 1.82) is 0 Å². The van der Waals surface area contributed by atoms with Crippen LogP contribution in [0.25, 0.3) is 0 Å². The second kappa shape index (κ2) is 6.19. The molecule has 3 atom stereocenters. The molecule has 0 radical (unpaired) electrons. The Morgan fingerprint density at radius 2 is 1.88 bits per heavy atom. The summed E-state index contributed by atoms with van der Waals surface area (Å²) in [5.74, 6) is -3.04. The summed E-state index contributed by atoms with van der Waals surface area (Å²) in [5, 5.41) is 2.76. The molecule has 1 aliphatic heterocycles. The minimum Gasteiger partial charge on any atom is -0.468 e. The van der Waals surface area contributed by atoms with Gasteiger partial charge in [0.05, 0.1) is 7.11 Å². The van der Waals surface area contributed by atoms with Gasteiger partial charge in [0.25, 0.3) is 0 Å². The van der Waals surface area contributed by atoms with Crippen LogP contribution in [-0.2, 0) is 19.1 Å². The van der Waals surface area contributed by atoms with Crippen LogP contribution < -0.4 is 5.32 Å². The third kappa shape index (κ3) is 2.72. The zero-order chi connectivity index (χ0) is 17.4. The molecule has 24 heavy (non-hydrogen) atoms. The number of esters is 1. The lowest BCUT2D eigenvalue weighted by molar-refractivity contribution is -0.151. The maximum Gasteiger partial charge on any atom is 0.316 e. The Hall–Kier alpha value is -2.50. The third-order valence-electron chi connectivity index (χ3n) is 4.72. The van der Waals surface area contributed by atoms with Gasteiger partial charge in [-0.25, -0.2) is 4.39 Å². The highest BCUT2D eigenvalue weighted by Gasteiger charge is 2.45. The fraction of sp³-hybridized carbons (Fsp3) is 0.389. The summed E-state index contributed by atoms with van der Waals surface area (Å²) >= 11 is 0. The molecule has 0 fully saturated rings. The van der Waals surface area contributed by atoms with Gasteiger partial charge in [0, 0.05) is 23.6 Å². The lowest BCUT2D eigenvalue weighted by atomic mass is 9.70. The highest BCUT2D eigenvalue weighted by molar-refractivity contribution is 6.11. The number of halogens is 1. The van der Waals surface area contributed by atoms with Crippen LogP contribution in [0.2, 0.25) is 0 Å². The quantitative estimate of drug-likeness (QED) is 0.665. The number of ether oxygens (including phenoxy) is 1. The molecule has 0 aromatic heterocycles. The summed E-state index contributed by atoms with van der Waals surface area (Å²) in [5.41, 5.74) is 1.69. The fourth-order valence-electron chi connectivity index (χ4n) is 3.58. The van der Waals surface area contributed by atoms with Crippen LogP contribution in [0.3, 0.4) is 0 Å². The number of nitrogens with one attached hydrogen (secondary N) is 1. The lowest BCUT2D eigenvalue weighted by Crippen LogP contribution is -2.44. The van der Waals surface area contributed by atoms with Crippen molar-refractivity contribution in [3.63, 3.8) is 0 Å². The monoisotopic (exact) mass is 331 g/mol. The number of carbonyl (C=O) groups excluding carboxylic acids is 3. The minimum atomic E-state index is -0.869. The van der Waals surface area contributed by atoms with Gasteiger partial charge in [-0.3, -0.25) is 14.4 Å². The first-order valence-corrected chi connectivity index (χ1v) is 7.82. The van der Waals surface area contributed by atoms with Crippen molar-refractivity contribution in [2.24, 2.45) is 11.8 Å². The van der Waals surface area contributed by atoms with Crippen LogP contribution in [0.1, 0.15) is 31.2 Å². The van der Waals surface area contributed by atoms with Gasteiger partial charge >= 0.3 is 5.97 Å².